The van der Waals surface area contributed by atoms with Crippen molar-refractivity contribution in [2.45, 2.75) is 6.54 Å². The maximum absolute atomic E-state index is 6.03. The zero-order valence-corrected chi connectivity index (χ0v) is 13.3. The van der Waals surface area contributed by atoms with Crippen LogP contribution in [0.1, 0.15) is 5.56 Å². The largest absolute Gasteiger partial charge is 0.490 e. The van der Waals surface area contributed by atoms with Gasteiger partial charge in [-0.05, 0) is 17.7 Å². The highest BCUT2D eigenvalue weighted by Gasteiger charge is 2.00. The molecule has 0 aliphatic carbocycles. The Balaban J connectivity index is 1.70. The van der Waals surface area contributed by atoms with Crippen molar-refractivity contribution >= 4 is 17.6 Å². The predicted octanol–water partition coefficient (Wildman–Crippen LogP) is 3.08. The van der Waals surface area contributed by atoms with Crippen molar-refractivity contribution in [3.63, 3.8) is 0 Å². The SMILES string of the molecule is CN=C(NCCOc1ccccc1Cl)NCc1ccccc1. The van der Waals surface area contributed by atoms with Gasteiger partial charge in [-0.15, -0.1) is 0 Å². The molecule has 0 aliphatic heterocycles. The third kappa shape index (κ3) is 5.30. The lowest BCUT2D eigenvalue weighted by atomic mass is 10.2. The van der Waals surface area contributed by atoms with Crippen LogP contribution < -0.4 is 15.4 Å². The quantitative estimate of drug-likeness (QED) is 0.489. The maximum atomic E-state index is 6.03. The summed E-state index contributed by atoms with van der Waals surface area (Å²) in [7, 11) is 1.75. The molecule has 2 N–H and O–H groups in total. The number of para-hydroxylation sites is 1. The summed E-state index contributed by atoms with van der Waals surface area (Å²) in [5.41, 5.74) is 1.21. The van der Waals surface area contributed by atoms with Crippen molar-refractivity contribution in [3.8, 4) is 5.75 Å². The lowest BCUT2D eigenvalue weighted by molar-refractivity contribution is 0.322. The molecule has 0 heterocycles. The number of rotatable bonds is 6. The molecule has 0 aromatic heterocycles. The molecule has 0 bridgehead atoms. The van der Waals surface area contributed by atoms with Crippen LogP contribution >= 0.6 is 11.6 Å². The van der Waals surface area contributed by atoms with Crippen LogP contribution in [0.15, 0.2) is 59.6 Å². The molecule has 0 saturated heterocycles. The molecule has 0 radical (unpaired) electrons. The lowest BCUT2D eigenvalue weighted by Gasteiger charge is -2.13. The normalized spacial score (nSPS) is 11.1. The standard InChI is InChI=1S/C17H20ClN3O/c1-19-17(21-13-14-7-3-2-4-8-14)20-11-12-22-16-10-6-5-9-15(16)18/h2-10H,11-13H2,1H3,(H2,19,20,21). The Labute approximate surface area is 136 Å². The van der Waals surface area contributed by atoms with Gasteiger partial charge in [0.2, 0.25) is 0 Å². The monoisotopic (exact) mass is 317 g/mol. The second-order valence-electron chi connectivity index (χ2n) is 4.62. The summed E-state index contributed by atoms with van der Waals surface area (Å²) in [6.45, 7) is 1.88. The van der Waals surface area contributed by atoms with Gasteiger partial charge in [0.05, 0.1) is 11.6 Å². The van der Waals surface area contributed by atoms with Gasteiger partial charge in [0.25, 0.3) is 0 Å². The predicted molar refractivity (Wildman–Crippen MR) is 91.6 cm³/mol. The summed E-state index contributed by atoms with van der Waals surface area (Å²) in [4.78, 5) is 4.18. The number of hydrogen-bond donors (Lipinski definition) is 2. The van der Waals surface area contributed by atoms with Crippen LogP contribution in [0.25, 0.3) is 0 Å². The van der Waals surface area contributed by atoms with Gasteiger partial charge in [0.15, 0.2) is 5.96 Å². The second-order valence-corrected chi connectivity index (χ2v) is 5.02. The number of halogens is 1. The number of guanidine groups is 1. The Kier molecular flexibility index (Phi) is 6.58. The van der Waals surface area contributed by atoms with E-state index in [2.05, 4.69) is 27.8 Å². The van der Waals surface area contributed by atoms with Gasteiger partial charge in [-0.3, -0.25) is 4.99 Å². The molecule has 5 heteroatoms. The van der Waals surface area contributed by atoms with E-state index >= 15 is 0 Å². The Morgan fingerprint density at radius 3 is 2.50 bits per heavy atom. The third-order valence-corrected chi connectivity index (χ3v) is 3.33. The summed E-state index contributed by atoms with van der Waals surface area (Å²) in [6.07, 6.45) is 0. The highest BCUT2D eigenvalue weighted by molar-refractivity contribution is 6.32. The van der Waals surface area contributed by atoms with Crippen molar-refractivity contribution in [3.05, 3.63) is 65.2 Å². The lowest BCUT2D eigenvalue weighted by Crippen LogP contribution is -2.38. The van der Waals surface area contributed by atoms with Crippen LogP contribution in [-0.2, 0) is 6.54 Å². The molecule has 2 aromatic rings. The van der Waals surface area contributed by atoms with E-state index in [0.717, 1.165) is 12.5 Å². The molecule has 2 aromatic carbocycles. The fourth-order valence-corrected chi connectivity index (χ4v) is 2.08. The number of benzene rings is 2. The first-order valence-corrected chi connectivity index (χ1v) is 7.53. The molecule has 116 valence electrons. The highest BCUT2D eigenvalue weighted by atomic mass is 35.5. The van der Waals surface area contributed by atoms with Gasteiger partial charge in [0.1, 0.15) is 12.4 Å². The van der Waals surface area contributed by atoms with E-state index < -0.39 is 0 Å². The van der Waals surface area contributed by atoms with Crippen molar-refractivity contribution in [1.29, 1.82) is 0 Å². The molecule has 0 fully saturated rings. The molecule has 2 rings (SSSR count). The molecule has 0 aliphatic rings. The first-order valence-electron chi connectivity index (χ1n) is 7.15. The smallest absolute Gasteiger partial charge is 0.191 e. The van der Waals surface area contributed by atoms with Gasteiger partial charge in [-0.2, -0.15) is 0 Å². The summed E-state index contributed by atoms with van der Waals surface area (Å²) in [6, 6.07) is 17.6. The highest BCUT2D eigenvalue weighted by Crippen LogP contribution is 2.22. The summed E-state index contributed by atoms with van der Waals surface area (Å²) in [5, 5.41) is 7.07. The van der Waals surface area contributed by atoms with E-state index in [-0.39, 0.29) is 0 Å². The van der Waals surface area contributed by atoms with Gasteiger partial charge in [-0.1, -0.05) is 54.1 Å². The summed E-state index contributed by atoms with van der Waals surface area (Å²) >= 11 is 6.03. The van der Waals surface area contributed by atoms with Gasteiger partial charge in [-0.25, -0.2) is 0 Å². The molecule has 22 heavy (non-hydrogen) atoms. The van der Waals surface area contributed by atoms with Crippen LogP contribution in [-0.4, -0.2) is 26.2 Å². The topological polar surface area (TPSA) is 45.7 Å². The van der Waals surface area contributed by atoms with Crippen molar-refractivity contribution in [2.75, 3.05) is 20.2 Å². The number of nitrogens with zero attached hydrogens (tertiary/aromatic N) is 1. The van der Waals surface area contributed by atoms with E-state index in [4.69, 9.17) is 16.3 Å². The van der Waals surface area contributed by atoms with Gasteiger partial charge < -0.3 is 15.4 Å². The summed E-state index contributed by atoms with van der Waals surface area (Å²) < 4.78 is 5.62. The minimum atomic E-state index is 0.510. The molecule has 0 unspecified atom stereocenters. The zero-order valence-electron chi connectivity index (χ0n) is 12.6. The van der Waals surface area contributed by atoms with Gasteiger partial charge in [0, 0.05) is 13.6 Å². The molecule has 4 nitrogen and oxygen atoms in total. The second kappa shape index (κ2) is 8.95. The average Bonchev–Trinajstić information content (AvgIpc) is 2.56. The van der Waals surface area contributed by atoms with Crippen molar-refractivity contribution in [1.82, 2.24) is 10.6 Å². The molecule has 0 saturated carbocycles. The minimum Gasteiger partial charge on any atom is -0.490 e. The molecular weight excluding hydrogens is 298 g/mol. The molecular formula is C17H20ClN3O. The van der Waals surface area contributed by atoms with Crippen molar-refractivity contribution < 1.29 is 4.74 Å². The maximum Gasteiger partial charge on any atom is 0.191 e. The summed E-state index contributed by atoms with van der Waals surface area (Å²) in [5.74, 6) is 1.44. The number of ether oxygens (including phenoxy) is 1. The number of hydrogen-bond acceptors (Lipinski definition) is 2. The fraction of sp³-hybridized carbons (Fsp3) is 0.235. The first-order chi connectivity index (χ1) is 10.8. The van der Waals surface area contributed by atoms with Crippen LogP contribution in [0, 0.1) is 0 Å². The minimum absolute atomic E-state index is 0.510. The van der Waals surface area contributed by atoms with E-state index in [9.17, 15) is 0 Å². The van der Waals surface area contributed by atoms with Crippen LogP contribution in [0.4, 0.5) is 0 Å². The first kappa shape index (κ1) is 16.2. The number of nitrogens with one attached hydrogen (secondary N) is 2. The van der Waals surface area contributed by atoms with Crippen LogP contribution in [0.2, 0.25) is 5.02 Å². The van der Waals surface area contributed by atoms with Crippen LogP contribution in [0.5, 0.6) is 5.75 Å². The van der Waals surface area contributed by atoms with Gasteiger partial charge >= 0.3 is 0 Å². The molecule has 0 spiro atoms. The average molecular weight is 318 g/mol. The Hall–Kier alpha value is -2.20. The Morgan fingerprint density at radius 1 is 1.05 bits per heavy atom. The van der Waals surface area contributed by atoms with E-state index in [1.54, 1.807) is 7.05 Å². The number of aliphatic imine (C=N–C) groups is 1. The fourth-order valence-electron chi connectivity index (χ4n) is 1.89. The van der Waals surface area contributed by atoms with E-state index in [1.807, 2.05) is 42.5 Å². The van der Waals surface area contributed by atoms with E-state index in [1.165, 1.54) is 5.56 Å². The zero-order chi connectivity index (χ0) is 15.6. The van der Waals surface area contributed by atoms with Crippen LogP contribution in [0.3, 0.4) is 0 Å². The molecule has 0 amide bonds. The van der Waals surface area contributed by atoms with E-state index in [0.29, 0.717) is 23.9 Å². The molecule has 0 atom stereocenters. The third-order valence-electron chi connectivity index (χ3n) is 3.02. The Morgan fingerprint density at radius 2 is 1.77 bits per heavy atom. The Bertz CT molecular complexity index is 602. The van der Waals surface area contributed by atoms with Crippen molar-refractivity contribution in [2.24, 2.45) is 4.99 Å².